The summed E-state index contributed by atoms with van der Waals surface area (Å²) in [6, 6.07) is 15.3. The number of rotatable bonds is 5. The molecule has 1 fully saturated rings. The fraction of sp³-hybridized carbons (Fsp3) is 0.278. The van der Waals surface area contributed by atoms with E-state index in [1.807, 2.05) is 55.5 Å². The van der Waals surface area contributed by atoms with Crippen molar-refractivity contribution in [1.29, 1.82) is 0 Å². The summed E-state index contributed by atoms with van der Waals surface area (Å²) in [5.41, 5.74) is 2.81. The molecule has 0 aliphatic carbocycles. The van der Waals surface area contributed by atoms with Crippen molar-refractivity contribution >= 4 is 16.9 Å². The number of carbonyl (C=O) groups excluding carboxylic acids is 1. The molecular formula is C18H19NO5S. The van der Waals surface area contributed by atoms with Crippen LogP contribution in [0.1, 0.15) is 12.5 Å². The van der Waals surface area contributed by atoms with E-state index in [1.54, 1.807) is 0 Å². The van der Waals surface area contributed by atoms with Crippen LogP contribution < -0.4 is 0 Å². The Morgan fingerprint density at radius 2 is 1.96 bits per heavy atom. The third kappa shape index (κ3) is 4.25. The molecule has 0 N–H and O–H groups in total. The molecule has 1 atom stereocenters. The lowest BCUT2D eigenvalue weighted by molar-refractivity contribution is -0.353. The lowest BCUT2D eigenvalue weighted by atomic mass is 10.0. The summed E-state index contributed by atoms with van der Waals surface area (Å²) in [5.74, 6) is 0.591. The Morgan fingerprint density at radius 1 is 1.20 bits per heavy atom. The van der Waals surface area contributed by atoms with E-state index in [4.69, 9.17) is 9.73 Å². The smallest absolute Gasteiger partial charge is 0.436 e. The first-order valence-corrected chi connectivity index (χ1v) is 9.31. The van der Waals surface area contributed by atoms with E-state index >= 15 is 0 Å². The summed E-state index contributed by atoms with van der Waals surface area (Å²) in [6.45, 7) is 2.69. The van der Waals surface area contributed by atoms with Crippen LogP contribution in [0.25, 0.3) is 11.1 Å². The normalized spacial score (nSPS) is 15.2. The van der Waals surface area contributed by atoms with Crippen LogP contribution in [0.2, 0.25) is 0 Å². The van der Waals surface area contributed by atoms with E-state index in [1.165, 1.54) is 0 Å². The van der Waals surface area contributed by atoms with Crippen molar-refractivity contribution in [2.75, 3.05) is 18.9 Å². The zero-order valence-corrected chi connectivity index (χ0v) is 14.7. The SMILES string of the molecule is CCS(=O)c1ccc(-c2ccccc2COC(=O)N2CCOO2)cc1. The van der Waals surface area contributed by atoms with Gasteiger partial charge in [-0.2, -0.15) is 5.06 Å². The van der Waals surface area contributed by atoms with Gasteiger partial charge in [0, 0.05) is 10.6 Å². The first kappa shape index (κ1) is 17.6. The minimum atomic E-state index is -0.972. The number of amides is 1. The molecule has 1 aliphatic heterocycles. The molecule has 7 heteroatoms. The van der Waals surface area contributed by atoms with E-state index in [2.05, 4.69) is 4.89 Å². The average molecular weight is 361 g/mol. The summed E-state index contributed by atoms with van der Waals surface area (Å²) in [4.78, 5) is 22.0. The highest BCUT2D eigenvalue weighted by molar-refractivity contribution is 7.85. The van der Waals surface area contributed by atoms with Gasteiger partial charge in [0.1, 0.15) is 13.2 Å². The maximum absolute atomic E-state index is 11.9. The minimum Gasteiger partial charge on any atom is -0.443 e. The van der Waals surface area contributed by atoms with Crippen LogP contribution in [0, 0.1) is 0 Å². The van der Waals surface area contributed by atoms with E-state index in [-0.39, 0.29) is 6.61 Å². The number of benzene rings is 2. The highest BCUT2D eigenvalue weighted by atomic mass is 32.2. The molecule has 0 aromatic heterocycles. The third-order valence-corrected chi connectivity index (χ3v) is 5.11. The molecule has 1 amide bonds. The van der Waals surface area contributed by atoms with Crippen LogP contribution in [0.4, 0.5) is 4.79 Å². The molecular weight excluding hydrogens is 342 g/mol. The lowest BCUT2D eigenvalue weighted by Gasteiger charge is -2.14. The zero-order chi connectivity index (χ0) is 17.6. The largest absolute Gasteiger partial charge is 0.443 e. The monoisotopic (exact) mass is 361 g/mol. The molecule has 25 heavy (non-hydrogen) atoms. The van der Waals surface area contributed by atoms with Crippen LogP contribution in [0.15, 0.2) is 53.4 Å². The van der Waals surface area contributed by atoms with Gasteiger partial charge in [-0.3, -0.25) is 4.21 Å². The van der Waals surface area contributed by atoms with Crippen LogP contribution in [-0.2, 0) is 32.0 Å². The number of carbonyl (C=O) groups is 1. The van der Waals surface area contributed by atoms with Crippen molar-refractivity contribution in [3.05, 3.63) is 54.1 Å². The Balaban J connectivity index is 1.74. The fourth-order valence-corrected chi connectivity index (χ4v) is 3.25. The predicted octanol–water partition coefficient (Wildman–Crippen LogP) is 3.30. The summed E-state index contributed by atoms with van der Waals surface area (Å²) < 4.78 is 17.1. The summed E-state index contributed by atoms with van der Waals surface area (Å²) in [7, 11) is -0.972. The Labute approximate surface area is 148 Å². The molecule has 0 bridgehead atoms. The van der Waals surface area contributed by atoms with Gasteiger partial charge in [-0.1, -0.05) is 43.3 Å². The van der Waals surface area contributed by atoms with E-state index < -0.39 is 16.9 Å². The summed E-state index contributed by atoms with van der Waals surface area (Å²) >= 11 is 0. The molecule has 2 aromatic carbocycles. The zero-order valence-electron chi connectivity index (χ0n) is 13.8. The molecule has 6 nitrogen and oxygen atoms in total. The van der Waals surface area contributed by atoms with Gasteiger partial charge in [0.05, 0.1) is 17.3 Å². The second kappa shape index (κ2) is 8.24. The van der Waals surface area contributed by atoms with Gasteiger partial charge in [-0.05, 0) is 28.8 Å². The van der Waals surface area contributed by atoms with Gasteiger partial charge in [0.2, 0.25) is 0 Å². The highest BCUT2D eigenvalue weighted by Crippen LogP contribution is 2.25. The van der Waals surface area contributed by atoms with Gasteiger partial charge in [-0.15, -0.1) is 4.99 Å². The molecule has 1 unspecified atom stereocenters. The maximum Gasteiger partial charge on any atom is 0.436 e. The van der Waals surface area contributed by atoms with Crippen LogP contribution >= 0.6 is 0 Å². The molecule has 2 aromatic rings. The van der Waals surface area contributed by atoms with Crippen LogP contribution in [0.3, 0.4) is 0 Å². The summed E-state index contributed by atoms with van der Waals surface area (Å²) in [5, 5.41) is 1.04. The Bertz CT molecular complexity index is 756. The van der Waals surface area contributed by atoms with Crippen molar-refractivity contribution in [3.8, 4) is 11.1 Å². The predicted molar refractivity (Wildman–Crippen MR) is 92.8 cm³/mol. The Kier molecular flexibility index (Phi) is 5.80. The molecule has 1 saturated heterocycles. The number of nitrogens with zero attached hydrogens (tertiary/aromatic N) is 1. The van der Waals surface area contributed by atoms with Gasteiger partial charge in [0.15, 0.2) is 0 Å². The third-order valence-electron chi connectivity index (χ3n) is 3.78. The Hall–Kier alpha value is -2.22. The Morgan fingerprint density at radius 3 is 2.64 bits per heavy atom. The van der Waals surface area contributed by atoms with Gasteiger partial charge in [0.25, 0.3) is 0 Å². The van der Waals surface area contributed by atoms with Gasteiger partial charge < -0.3 is 4.74 Å². The molecule has 0 radical (unpaired) electrons. The standard InChI is InChI=1S/C18H19NO5S/c1-2-25(21)16-9-7-14(8-10-16)17-6-4-3-5-15(17)13-22-18(20)19-11-12-23-24-19/h3-10H,2,11-13H2,1H3. The highest BCUT2D eigenvalue weighted by Gasteiger charge is 2.22. The number of hydroxylamine groups is 2. The lowest BCUT2D eigenvalue weighted by Crippen LogP contribution is -2.27. The van der Waals surface area contributed by atoms with E-state index in [0.717, 1.165) is 26.6 Å². The van der Waals surface area contributed by atoms with Crippen molar-refractivity contribution in [1.82, 2.24) is 5.06 Å². The van der Waals surface area contributed by atoms with Gasteiger partial charge in [-0.25, -0.2) is 9.68 Å². The second-order valence-corrected chi connectivity index (χ2v) is 7.11. The average Bonchev–Trinajstić information content (AvgIpc) is 3.21. The van der Waals surface area contributed by atoms with Crippen molar-refractivity contribution in [2.24, 2.45) is 0 Å². The van der Waals surface area contributed by atoms with Gasteiger partial charge >= 0.3 is 6.09 Å². The summed E-state index contributed by atoms with van der Waals surface area (Å²) in [6.07, 6.45) is -0.582. The van der Waals surface area contributed by atoms with Crippen LogP contribution in [0.5, 0.6) is 0 Å². The molecule has 3 rings (SSSR count). The molecule has 0 spiro atoms. The van der Waals surface area contributed by atoms with Crippen molar-refractivity contribution in [3.63, 3.8) is 0 Å². The van der Waals surface area contributed by atoms with E-state index in [9.17, 15) is 9.00 Å². The van der Waals surface area contributed by atoms with Crippen LogP contribution in [-0.4, -0.2) is 34.3 Å². The second-order valence-electron chi connectivity index (χ2n) is 5.37. The number of hydrogen-bond donors (Lipinski definition) is 0. The molecule has 0 saturated carbocycles. The van der Waals surface area contributed by atoms with Crippen molar-refractivity contribution < 1.29 is 23.6 Å². The number of hydrogen-bond acceptors (Lipinski definition) is 5. The molecule has 1 heterocycles. The fourth-order valence-electron chi connectivity index (χ4n) is 2.47. The first-order valence-electron chi connectivity index (χ1n) is 7.99. The maximum atomic E-state index is 11.9. The molecule has 1 aliphatic rings. The topological polar surface area (TPSA) is 65.1 Å². The first-order chi connectivity index (χ1) is 12.2. The van der Waals surface area contributed by atoms with E-state index in [0.29, 0.717) is 18.9 Å². The number of ether oxygens (including phenoxy) is 1. The quantitative estimate of drug-likeness (QED) is 0.765. The van der Waals surface area contributed by atoms with Crippen molar-refractivity contribution in [2.45, 2.75) is 18.4 Å². The molecule has 132 valence electrons. The minimum absolute atomic E-state index is 0.123.